The predicted molar refractivity (Wildman–Crippen MR) is 103 cm³/mol. The molecule has 4 rings (SSSR count). The Morgan fingerprint density at radius 1 is 1.08 bits per heavy atom. The lowest BCUT2D eigenvalue weighted by Crippen LogP contribution is -2.30. The highest BCUT2D eigenvalue weighted by atomic mass is 32.1. The molecule has 3 aromatic rings. The van der Waals surface area contributed by atoms with Crippen molar-refractivity contribution in [2.24, 2.45) is 0 Å². The number of anilines is 1. The Balaban J connectivity index is 1.96. The molecule has 1 fully saturated rings. The SMILES string of the molecule is CCn1c(=S)sc2c(N3CCCCC3)nc(-c3ccccc3)nc21. The average molecular weight is 357 g/mol. The number of nitrogens with zero attached hydrogens (tertiary/aromatic N) is 4. The van der Waals surface area contributed by atoms with Crippen LogP contribution in [-0.4, -0.2) is 27.6 Å². The number of rotatable bonds is 3. The van der Waals surface area contributed by atoms with E-state index in [4.69, 9.17) is 22.2 Å². The summed E-state index contributed by atoms with van der Waals surface area (Å²) in [5.41, 5.74) is 2.03. The van der Waals surface area contributed by atoms with E-state index in [1.807, 2.05) is 18.2 Å². The van der Waals surface area contributed by atoms with Crippen LogP contribution in [-0.2, 0) is 6.54 Å². The van der Waals surface area contributed by atoms with E-state index in [0.717, 1.165) is 51.1 Å². The molecule has 0 radical (unpaired) electrons. The summed E-state index contributed by atoms with van der Waals surface area (Å²) >= 11 is 7.21. The number of hydrogen-bond acceptors (Lipinski definition) is 5. The van der Waals surface area contributed by atoms with Gasteiger partial charge >= 0.3 is 0 Å². The van der Waals surface area contributed by atoms with Crippen molar-refractivity contribution < 1.29 is 0 Å². The molecule has 0 amide bonds. The molecule has 1 saturated heterocycles. The maximum Gasteiger partial charge on any atom is 0.164 e. The van der Waals surface area contributed by atoms with E-state index in [2.05, 4.69) is 28.5 Å². The third-order valence-corrected chi connectivity index (χ3v) is 5.93. The molecule has 3 heterocycles. The lowest BCUT2D eigenvalue weighted by atomic mass is 10.1. The van der Waals surface area contributed by atoms with Gasteiger partial charge in [-0.25, -0.2) is 9.97 Å². The Hall–Kier alpha value is -1.79. The second-order valence-electron chi connectivity index (χ2n) is 6.05. The molecule has 1 aliphatic rings. The van der Waals surface area contributed by atoms with E-state index in [9.17, 15) is 0 Å². The number of hydrogen-bond donors (Lipinski definition) is 0. The maximum absolute atomic E-state index is 5.57. The zero-order valence-electron chi connectivity index (χ0n) is 13.7. The van der Waals surface area contributed by atoms with Gasteiger partial charge in [0.25, 0.3) is 0 Å². The molecule has 0 N–H and O–H groups in total. The van der Waals surface area contributed by atoms with Crippen molar-refractivity contribution in [3.05, 3.63) is 34.3 Å². The normalized spacial score (nSPS) is 15.1. The van der Waals surface area contributed by atoms with Gasteiger partial charge in [-0.2, -0.15) is 0 Å². The Labute approximate surface area is 150 Å². The molecule has 2 aromatic heterocycles. The number of aromatic nitrogens is 3. The van der Waals surface area contributed by atoms with Crippen molar-refractivity contribution in [3.8, 4) is 11.4 Å². The van der Waals surface area contributed by atoms with Crippen LogP contribution in [0.4, 0.5) is 5.82 Å². The third kappa shape index (κ3) is 2.74. The summed E-state index contributed by atoms with van der Waals surface area (Å²) < 4.78 is 4.13. The van der Waals surface area contributed by atoms with Crippen LogP contribution in [0.25, 0.3) is 21.7 Å². The van der Waals surface area contributed by atoms with Crippen molar-refractivity contribution in [3.63, 3.8) is 0 Å². The Morgan fingerprint density at radius 3 is 2.54 bits per heavy atom. The first-order valence-electron chi connectivity index (χ1n) is 8.49. The molecule has 0 bridgehead atoms. The lowest BCUT2D eigenvalue weighted by molar-refractivity contribution is 0.575. The van der Waals surface area contributed by atoms with Crippen LogP contribution in [0.15, 0.2) is 30.3 Å². The van der Waals surface area contributed by atoms with Crippen LogP contribution in [0.2, 0.25) is 0 Å². The molecule has 0 unspecified atom stereocenters. The Bertz CT molecular complexity index is 908. The first kappa shape index (κ1) is 15.7. The highest BCUT2D eigenvalue weighted by molar-refractivity contribution is 7.73. The molecular formula is C18H20N4S2. The van der Waals surface area contributed by atoms with E-state index in [1.165, 1.54) is 19.3 Å². The zero-order valence-corrected chi connectivity index (χ0v) is 15.4. The summed E-state index contributed by atoms with van der Waals surface area (Å²) in [5.74, 6) is 1.85. The van der Waals surface area contributed by atoms with Crippen LogP contribution >= 0.6 is 23.6 Å². The minimum absolute atomic E-state index is 0.790. The van der Waals surface area contributed by atoms with Gasteiger partial charge in [0.2, 0.25) is 0 Å². The third-order valence-electron chi connectivity index (χ3n) is 4.50. The Morgan fingerprint density at radius 2 is 1.83 bits per heavy atom. The van der Waals surface area contributed by atoms with Crippen LogP contribution in [0.3, 0.4) is 0 Å². The van der Waals surface area contributed by atoms with E-state index in [0.29, 0.717) is 0 Å². The highest BCUT2D eigenvalue weighted by Gasteiger charge is 2.20. The Kier molecular flexibility index (Phi) is 4.33. The van der Waals surface area contributed by atoms with Crippen LogP contribution in [0, 0.1) is 3.95 Å². The number of thiazole rings is 1. The zero-order chi connectivity index (χ0) is 16.5. The van der Waals surface area contributed by atoms with Gasteiger partial charge in [0.1, 0.15) is 4.70 Å². The predicted octanol–water partition coefficient (Wildman–Crippen LogP) is 4.90. The molecule has 4 nitrogen and oxygen atoms in total. The quantitative estimate of drug-likeness (QED) is 0.625. The molecule has 24 heavy (non-hydrogen) atoms. The number of fused-ring (bicyclic) bond motifs is 1. The van der Waals surface area contributed by atoms with Crippen LogP contribution in [0.5, 0.6) is 0 Å². The molecule has 0 spiro atoms. The summed E-state index contributed by atoms with van der Waals surface area (Å²) in [6, 6.07) is 10.2. The van der Waals surface area contributed by atoms with Gasteiger partial charge in [0.05, 0.1) is 0 Å². The van der Waals surface area contributed by atoms with Gasteiger partial charge in [-0.1, -0.05) is 41.7 Å². The van der Waals surface area contributed by atoms with Gasteiger partial charge in [0.15, 0.2) is 21.2 Å². The van der Waals surface area contributed by atoms with E-state index >= 15 is 0 Å². The van der Waals surface area contributed by atoms with Gasteiger partial charge in [-0.05, 0) is 38.4 Å². The molecule has 0 atom stereocenters. The van der Waals surface area contributed by atoms with Crippen LogP contribution in [0.1, 0.15) is 26.2 Å². The molecule has 0 saturated carbocycles. The molecule has 1 aromatic carbocycles. The van der Waals surface area contributed by atoms with E-state index in [1.54, 1.807) is 11.3 Å². The summed E-state index contributed by atoms with van der Waals surface area (Å²) in [7, 11) is 0. The minimum Gasteiger partial charge on any atom is -0.355 e. The van der Waals surface area contributed by atoms with Crippen molar-refractivity contribution in [1.29, 1.82) is 0 Å². The number of aryl methyl sites for hydroxylation is 1. The molecule has 0 aliphatic carbocycles. The van der Waals surface area contributed by atoms with E-state index < -0.39 is 0 Å². The number of piperidine rings is 1. The van der Waals surface area contributed by atoms with Crippen LogP contribution < -0.4 is 4.90 Å². The summed E-state index contributed by atoms with van der Waals surface area (Å²) in [4.78, 5) is 12.2. The van der Waals surface area contributed by atoms with Crippen molar-refractivity contribution in [1.82, 2.24) is 14.5 Å². The van der Waals surface area contributed by atoms with Gasteiger partial charge in [0, 0.05) is 25.2 Å². The fourth-order valence-electron chi connectivity index (χ4n) is 3.25. The molecule has 124 valence electrons. The standard InChI is InChI=1S/C18H20N4S2/c1-2-22-17-14(24-18(22)23)16(21-11-7-4-8-12-21)19-15(20-17)13-9-5-3-6-10-13/h3,5-6,9-10H,2,4,7-8,11-12H2,1H3. The van der Waals surface area contributed by atoms with E-state index in [-0.39, 0.29) is 0 Å². The maximum atomic E-state index is 5.57. The summed E-state index contributed by atoms with van der Waals surface area (Å²) in [6.07, 6.45) is 3.76. The number of benzene rings is 1. The topological polar surface area (TPSA) is 34.0 Å². The summed E-state index contributed by atoms with van der Waals surface area (Å²) in [5, 5.41) is 0. The van der Waals surface area contributed by atoms with Crippen molar-refractivity contribution in [2.75, 3.05) is 18.0 Å². The smallest absolute Gasteiger partial charge is 0.164 e. The average Bonchev–Trinajstić information content (AvgIpc) is 2.97. The summed E-state index contributed by atoms with van der Waals surface area (Å²) in [6.45, 7) is 5.09. The first-order valence-corrected chi connectivity index (χ1v) is 9.72. The molecule has 1 aliphatic heterocycles. The fraction of sp³-hybridized carbons (Fsp3) is 0.389. The minimum atomic E-state index is 0.790. The second-order valence-corrected chi connectivity index (χ2v) is 7.69. The van der Waals surface area contributed by atoms with Gasteiger partial charge < -0.3 is 9.47 Å². The largest absolute Gasteiger partial charge is 0.355 e. The molecular weight excluding hydrogens is 336 g/mol. The second kappa shape index (κ2) is 6.61. The van der Waals surface area contributed by atoms with Gasteiger partial charge in [-0.3, -0.25) is 0 Å². The highest BCUT2D eigenvalue weighted by Crippen LogP contribution is 2.33. The van der Waals surface area contributed by atoms with Gasteiger partial charge in [-0.15, -0.1) is 0 Å². The fourth-order valence-corrected chi connectivity index (χ4v) is 4.72. The first-order chi connectivity index (χ1) is 11.8. The monoisotopic (exact) mass is 356 g/mol. The van der Waals surface area contributed by atoms with Crippen molar-refractivity contribution in [2.45, 2.75) is 32.7 Å². The molecule has 6 heteroatoms. The lowest BCUT2D eigenvalue weighted by Gasteiger charge is -2.28. The van der Waals surface area contributed by atoms with Crippen molar-refractivity contribution >= 4 is 39.7 Å².